The first-order valence-electron chi connectivity index (χ1n) is 5.62. The second-order valence-corrected chi connectivity index (χ2v) is 4.20. The zero-order valence-electron chi connectivity index (χ0n) is 9.19. The van der Waals surface area contributed by atoms with Crippen molar-refractivity contribution in [2.45, 2.75) is 25.4 Å². The van der Waals surface area contributed by atoms with Crippen LogP contribution in [0, 0.1) is 5.82 Å². The van der Waals surface area contributed by atoms with Crippen LogP contribution in [0.5, 0.6) is 0 Å². The predicted molar refractivity (Wildman–Crippen MR) is 59.6 cm³/mol. The van der Waals surface area contributed by atoms with Crippen LogP contribution in [0.3, 0.4) is 0 Å². The molecule has 1 fully saturated rings. The number of hydrogen-bond acceptors (Lipinski definition) is 4. The number of hydrogen-bond donors (Lipinski definition) is 1. The van der Waals surface area contributed by atoms with Gasteiger partial charge >= 0.3 is 0 Å². The molecule has 17 heavy (non-hydrogen) atoms. The normalized spacial score (nSPS) is 15.1. The van der Waals surface area contributed by atoms with E-state index >= 15 is 0 Å². The second kappa shape index (κ2) is 4.25. The van der Waals surface area contributed by atoms with Crippen molar-refractivity contribution in [1.82, 2.24) is 15.5 Å². The molecule has 0 spiro atoms. The van der Waals surface area contributed by atoms with Crippen molar-refractivity contribution in [2.75, 3.05) is 0 Å². The lowest BCUT2D eigenvalue weighted by molar-refractivity contribution is 0.418. The van der Waals surface area contributed by atoms with Gasteiger partial charge in [0.1, 0.15) is 11.5 Å². The molecule has 0 radical (unpaired) electrons. The molecule has 0 amide bonds. The molecule has 2 heterocycles. The third-order valence-electron chi connectivity index (χ3n) is 2.69. The number of halogens is 1. The van der Waals surface area contributed by atoms with Gasteiger partial charge in [0.25, 0.3) is 0 Å². The van der Waals surface area contributed by atoms with Crippen molar-refractivity contribution >= 4 is 0 Å². The highest BCUT2D eigenvalue weighted by Crippen LogP contribution is 2.21. The molecular formula is C12H12FN3O. The van der Waals surface area contributed by atoms with Gasteiger partial charge in [-0.2, -0.15) is 0 Å². The summed E-state index contributed by atoms with van der Waals surface area (Å²) in [6, 6.07) is 5.40. The van der Waals surface area contributed by atoms with E-state index in [0.717, 1.165) is 5.69 Å². The van der Waals surface area contributed by atoms with Gasteiger partial charge in [-0.15, -0.1) is 0 Å². The summed E-state index contributed by atoms with van der Waals surface area (Å²) in [5.41, 5.74) is 1.44. The summed E-state index contributed by atoms with van der Waals surface area (Å²) in [5.74, 6) is 0.210. The van der Waals surface area contributed by atoms with Crippen molar-refractivity contribution in [3.63, 3.8) is 0 Å². The lowest BCUT2D eigenvalue weighted by Gasteiger charge is -1.95. The Morgan fingerprint density at radius 2 is 2.29 bits per heavy atom. The van der Waals surface area contributed by atoms with Crippen LogP contribution >= 0.6 is 0 Å². The summed E-state index contributed by atoms with van der Waals surface area (Å²) < 4.78 is 17.9. The predicted octanol–water partition coefficient (Wildman–Crippen LogP) is 2.13. The van der Waals surface area contributed by atoms with Crippen LogP contribution in [-0.2, 0) is 6.54 Å². The Bertz CT molecular complexity index is 505. The van der Waals surface area contributed by atoms with E-state index in [1.165, 1.54) is 25.1 Å². The van der Waals surface area contributed by atoms with E-state index < -0.39 is 0 Å². The van der Waals surface area contributed by atoms with Gasteiger partial charge in [-0.3, -0.25) is 0 Å². The fourth-order valence-corrected chi connectivity index (χ4v) is 1.57. The van der Waals surface area contributed by atoms with Gasteiger partial charge in [0.15, 0.2) is 5.76 Å². The number of rotatable bonds is 4. The third-order valence-corrected chi connectivity index (χ3v) is 2.69. The van der Waals surface area contributed by atoms with E-state index in [-0.39, 0.29) is 5.82 Å². The standard InChI is InChI=1S/C12H12FN3O/c13-8-1-4-11(15-6-8)12-5-10(16-17-12)7-14-9-2-3-9/h1,4-6,9,14H,2-3,7H2. The molecule has 88 valence electrons. The van der Waals surface area contributed by atoms with Crippen LogP contribution in [0.25, 0.3) is 11.5 Å². The van der Waals surface area contributed by atoms with E-state index in [1.54, 1.807) is 6.07 Å². The van der Waals surface area contributed by atoms with Gasteiger partial charge in [-0.05, 0) is 25.0 Å². The van der Waals surface area contributed by atoms with Crippen molar-refractivity contribution in [2.24, 2.45) is 0 Å². The molecule has 0 aliphatic heterocycles. The van der Waals surface area contributed by atoms with Crippen LogP contribution in [-0.4, -0.2) is 16.2 Å². The van der Waals surface area contributed by atoms with Crippen molar-refractivity contribution in [3.8, 4) is 11.5 Å². The van der Waals surface area contributed by atoms with Gasteiger partial charge in [0.2, 0.25) is 0 Å². The number of aromatic nitrogens is 2. The van der Waals surface area contributed by atoms with E-state index in [0.29, 0.717) is 24.0 Å². The van der Waals surface area contributed by atoms with Crippen LogP contribution in [0.2, 0.25) is 0 Å². The highest BCUT2D eigenvalue weighted by Gasteiger charge is 2.20. The maximum Gasteiger partial charge on any atom is 0.185 e. The van der Waals surface area contributed by atoms with Crippen LogP contribution in [0.4, 0.5) is 4.39 Å². The summed E-state index contributed by atoms with van der Waals surface area (Å²) >= 11 is 0. The summed E-state index contributed by atoms with van der Waals surface area (Å²) in [6.45, 7) is 0.704. The molecule has 0 aromatic carbocycles. The molecule has 1 aliphatic carbocycles. The Morgan fingerprint density at radius 3 is 3.00 bits per heavy atom. The Morgan fingerprint density at radius 1 is 1.41 bits per heavy atom. The quantitative estimate of drug-likeness (QED) is 0.878. The Labute approximate surface area is 97.8 Å². The SMILES string of the molecule is Fc1ccc(-c2cc(CNC3CC3)no2)nc1. The molecule has 0 saturated heterocycles. The minimum absolute atomic E-state index is 0.358. The Balaban J connectivity index is 1.72. The van der Waals surface area contributed by atoms with Gasteiger partial charge in [0, 0.05) is 18.7 Å². The zero-order chi connectivity index (χ0) is 11.7. The van der Waals surface area contributed by atoms with Crippen molar-refractivity contribution in [3.05, 3.63) is 35.9 Å². The van der Waals surface area contributed by atoms with Crippen molar-refractivity contribution in [1.29, 1.82) is 0 Å². The monoisotopic (exact) mass is 233 g/mol. The first kappa shape index (κ1) is 10.4. The number of pyridine rings is 1. The summed E-state index contributed by atoms with van der Waals surface area (Å²) in [5, 5.41) is 7.29. The maximum absolute atomic E-state index is 12.7. The largest absolute Gasteiger partial charge is 0.354 e. The van der Waals surface area contributed by atoms with Gasteiger partial charge in [-0.25, -0.2) is 9.37 Å². The van der Waals surface area contributed by atoms with E-state index in [9.17, 15) is 4.39 Å². The number of nitrogens with zero attached hydrogens (tertiary/aromatic N) is 2. The molecule has 2 aromatic heterocycles. The molecule has 5 heteroatoms. The molecule has 1 saturated carbocycles. The van der Waals surface area contributed by atoms with E-state index in [2.05, 4.69) is 15.5 Å². The first-order valence-corrected chi connectivity index (χ1v) is 5.62. The maximum atomic E-state index is 12.7. The third kappa shape index (κ3) is 2.50. The van der Waals surface area contributed by atoms with Gasteiger partial charge in [0.05, 0.1) is 11.9 Å². The van der Waals surface area contributed by atoms with Gasteiger partial charge < -0.3 is 9.84 Å². The smallest absolute Gasteiger partial charge is 0.185 e. The average Bonchev–Trinajstić information content (AvgIpc) is 3.06. The van der Waals surface area contributed by atoms with E-state index in [1.807, 2.05) is 6.07 Å². The van der Waals surface area contributed by atoms with Crippen LogP contribution in [0.1, 0.15) is 18.5 Å². The molecule has 0 unspecified atom stereocenters. The van der Waals surface area contributed by atoms with Crippen LogP contribution in [0.15, 0.2) is 28.9 Å². The number of nitrogens with one attached hydrogen (secondary N) is 1. The first-order chi connectivity index (χ1) is 8.31. The molecule has 1 N–H and O–H groups in total. The fourth-order valence-electron chi connectivity index (χ4n) is 1.57. The van der Waals surface area contributed by atoms with Crippen LogP contribution < -0.4 is 5.32 Å². The summed E-state index contributed by atoms with van der Waals surface area (Å²) in [7, 11) is 0. The lowest BCUT2D eigenvalue weighted by Crippen LogP contribution is -2.15. The average molecular weight is 233 g/mol. The highest BCUT2D eigenvalue weighted by atomic mass is 19.1. The summed E-state index contributed by atoms with van der Waals surface area (Å²) in [4.78, 5) is 3.94. The zero-order valence-corrected chi connectivity index (χ0v) is 9.19. The molecule has 2 aromatic rings. The molecule has 3 rings (SSSR count). The lowest BCUT2D eigenvalue weighted by atomic mass is 10.2. The molecule has 0 atom stereocenters. The Hall–Kier alpha value is -1.75. The highest BCUT2D eigenvalue weighted by molar-refractivity contribution is 5.51. The Kier molecular flexibility index (Phi) is 2.60. The molecular weight excluding hydrogens is 221 g/mol. The minimum Gasteiger partial charge on any atom is -0.354 e. The topological polar surface area (TPSA) is 51.0 Å². The fraction of sp³-hybridized carbons (Fsp3) is 0.333. The molecule has 4 nitrogen and oxygen atoms in total. The minimum atomic E-state index is -0.358. The summed E-state index contributed by atoms with van der Waals surface area (Å²) in [6.07, 6.45) is 3.65. The molecule has 1 aliphatic rings. The second-order valence-electron chi connectivity index (χ2n) is 4.20. The van der Waals surface area contributed by atoms with E-state index in [4.69, 9.17) is 4.52 Å². The van der Waals surface area contributed by atoms with Crippen molar-refractivity contribution < 1.29 is 8.91 Å². The van der Waals surface area contributed by atoms with Gasteiger partial charge in [-0.1, -0.05) is 5.16 Å². The molecule has 0 bridgehead atoms.